The van der Waals surface area contributed by atoms with Crippen LogP contribution in [-0.4, -0.2) is 19.7 Å². The van der Waals surface area contributed by atoms with Crippen molar-refractivity contribution in [3.8, 4) is 5.75 Å². The van der Waals surface area contributed by atoms with Gasteiger partial charge in [0, 0.05) is 0 Å². The van der Waals surface area contributed by atoms with Gasteiger partial charge >= 0.3 is 5.97 Å². The number of hydrogen-bond donors (Lipinski definition) is 0. The van der Waals surface area contributed by atoms with E-state index < -0.39 is 0 Å². The third-order valence-corrected chi connectivity index (χ3v) is 1.33. The lowest BCUT2D eigenvalue weighted by molar-refractivity contribution is -0.142. The van der Waals surface area contributed by atoms with Crippen LogP contribution in [0.15, 0.2) is 30.3 Å². The number of hydrogen-bond acceptors (Lipinski definition) is 3. The number of ether oxygens (including phenoxy) is 2. The highest BCUT2D eigenvalue weighted by atomic mass is 16.6. The standard InChI is InChI=1S/C9H10O3.C2H6/c1-11-9(10)7-12-8-5-3-2-4-6-8;1-2/h2-6H,7H2,1H3;1-2H3. The molecule has 0 N–H and O–H groups in total. The van der Waals surface area contributed by atoms with Gasteiger partial charge in [-0.3, -0.25) is 0 Å². The van der Waals surface area contributed by atoms with Gasteiger partial charge in [0.25, 0.3) is 0 Å². The normalized spacial score (nSPS) is 8.21. The van der Waals surface area contributed by atoms with E-state index in [1.54, 1.807) is 12.1 Å². The molecule has 1 aromatic rings. The Morgan fingerprint density at radius 2 is 1.79 bits per heavy atom. The maximum absolute atomic E-state index is 10.6. The van der Waals surface area contributed by atoms with Crippen LogP contribution in [0.3, 0.4) is 0 Å². The molecule has 0 atom stereocenters. The van der Waals surface area contributed by atoms with Crippen molar-refractivity contribution in [3.63, 3.8) is 0 Å². The van der Waals surface area contributed by atoms with Crippen molar-refractivity contribution in [1.29, 1.82) is 0 Å². The van der Waals surface area contributed by atoms with Crippen LogP contribution >= 0.6 is 0 Å². The molecule has 0 radical (unpaired) electrons. The first kappa shape index (κ1) is 12.5. The molecule has 0 amide bonds. The van der Waals surface area contributed by atoms with E-state index in [-0.39, 0.29) is 12.6 Å². The Labute approximate surface area is 84.7 Å². The summed E-state index contributed by atoms with van der Waals surface area (Å²) in [5, 5.41) is 0. The zero-order chi connectivity index (χ0) is 10.8. The molecule has 0 heterocycles. The largest absolute Gasteiger partial charge is 0.482 e. The molecule has 0 spiro atoms. The van der Waals surface area contributed by atoms with Gasteiger partial charge in [-0.05, 0) is 12.1 Å². The van der Waals surface area contributed by atoms with Crippen molar-refractivity contribution in [3.05, 3.63) is 30.3 Å². The third-order valence-electron chi connectivity index (χ3n) is 1.33. The Balaban J connectivity index is 0.000000791. The fourth-order valence-electron chi connectivity index (χ4n) is 0.718. The van der Waals surface area contributed by atoms with E-state index >= 15 is 0 Å². The molecule has 1 aromatic carbocycles. The fourth-order valence-corrected chi connectivity index (χ4v) is 0.718. The van der Waals surface area contributed by atoms with Crippen LogP contribution in [-0.2, 0) is 9.53 Å². The molecule has 3 nitrogen and oxygen atoms in total. The van der Waals surface area contributed by atoms with E-state index in [2.05, 4.69) is 4.74 Å². The van der Waals surface area contributed by atoms with E-state index in [9.17, 15) is 4.79 Å². The van der Waals surface area contributed by atoms with Crippen molar-refractivity contribution < 1.29 is 14.3 Å². The number of esters is 1. The molecule has 0 bridgehead atoms. The minimum atomic E-state index is -0.376. The number of methoxy groups -OCH3 is 1. The molecule has 0 aromatic heterocycles. The van der Waals surface area contributed by atoms with Crippen LogP contribution in [0.1, 0.15) is 13.8 Å². The fraction of sp³-hybridized carbons (Fsp3) is 0.364. The predicted molar refractivity (Wildman–Crippen MR) is 55.3 cm³/mol. The average molecular weight is 196 g/mol. The summed E-state index contributed by atoms with van der Waals surface area (Å²) in [4.78, 5) is 10.6. The molecule has 0 aliphatic heterocycles. The Bertz CT molecular complexity index is 244. The summed E-state index contributed by atoms with van der Waals surface area (Å²) >= 11 is 0. The van der Waals surface area contributed by atoms with E-state index in [0.717, 1.165) is 0 Å². The molecule has 0 aliphatic rings. The summed E-state index contributed by atoms with van der Waals surface area (Å²) in [7, 11) is 1.33. The Morgan fingerprint density at radius 3 is 2.29 bits per heavy atom. The summed E-state index contributed by atoms with van der Waals surface area (Å²) in [6.07, 6.45) is 0. The first-order valence-electron chi connectivity index (χ1n) is 4.57. The lowest BCUT2D eigenvalue weighted by atomic mass is 10.3. The number of rotatable bonds is 3. The van der Waals surface area contributed by atoms with Crippen LogP contribution in [0.5, 0.6) is 5.75 Å². The highest BCUT2D eigenvalue weighted by molar-refractivity contribution is 5.70. The van der Waals surface area contributed by atoms with Crippen LogP contribution in [0, 0.1) is 0 Å². The smallest absolute Gasteiger partial charge is 0.343 e. The Kier molecular flexibility index (Phi) is 7.23. The molecule has 78 valence electrons. The Morgan fingerprint density at radius 1 is 1.21 bits per heavy atom. The minimum absolute atomic E-state index is 0.0412. The minimum Gasteiger partial charge on any atom is -0.482 e. The predicted octanol–water partition coefficient (Wildman–Crippen LogP) is 2.26. The van der Waals surface area contributed by atoms with Crippen molar-refractivity contribution in [2.45, 2.75) is 13.8 Å². The van der Waals surface area contributed by atoms with Crippen LogP contribution in [0.25, 0.3) is 0 Å². The van der Waals surface area contributed by atoms with Crippen LogP contribution in [0.2, 0.25) is 0 Å². The summed E-state index contributed by atoms with van der Waals surface area (Å²) in [5.41, 5.74) is 0. The first-order chi connectivity index (χ1) is 6.83. The highest BCUT2D eigenvalue weighted by Crippen LogP contribution is 2.07. The summed E-state index contributed by atoms with van der Waals surface area (Å²) < 4.78 is 9.49. The molecular weight excluding hydrogens is 180 g/mol. The molecule has 1 rings (SSSR count). The number of carbonyl (C=O) groups is 1. The van der Waals surface area contributed by atoms with Gasteiger partial charge in [-0.1, -0.05) is 32.0 Å². The average Bonchev–Trinajstić information content (AvgIpc) is 2.30. The summed E-state index contributed by atoms with van der Waals surface area (Å²) in [5.74, 6) is 0.293. The second-order valence-electron chi connectivity index (χ2n) is 2.18. The lowest BCUT2D eigenvalue weighted by Gasteiger charge is -2.02. The number of carbonyl (C=O) groups excluding carboxylic acids is 1. The number of benzene rings is 1. The molecule has 0 unspecified atom stereocenters. The molecule has 3 heteroatoms. The van der Waals surface area contributed by atoms with Gasteiger partial charge in [-0.25, -0.2) is 4.79 Å². The van der Waals surface area contributed by atoms with Crippen molar-refractivity contribution in [2.75, 3.05) is 13.7 Å². The molecule has 0 saturated carbocycles. The lowest BCUT2D eigenvalue weighted by Crippen LogP contribution is -2.12. The van der Waals surface area contributed by atoms with E-state index in [0.29, 0.717) is 5.75 Å². The Hall–Kier alpha value is -1.51. The van der Waals surface area contributed by atoms with Crippen molar-refractivity contribution in [2.24, 2.45) is 0 Å². The summed E-state index contributed by atoms with van der Waals surface area (Å²) in [6, 6.07) is 9.12. The second-order valence-corrected chi connectivity index (χ2v) is 2.18. The van der Waals surface area contributed by atoms with Crippen molar-refractivity contribution in [1.82, 2.24) is 0 Å². The molecule has 0 fully saturated rings. The zero-order valence-electron chi connectivity index (χ0n) is 8.82. The maximum atomic E-state index is 10.6. The van der Waals surface area contributed by atoms with Gasteiger partial charge in [-0.15, -0.1) is 0 Å². The molecule has 0 saturated heterocycles. The monoisotopic (exact) mass is 196 g/mol. The van der Waals surface area contributed by atoms with Gasteiger partial charge in [0.15, 0.2) is 6.61 Å². The van der Waals surface area contributed by atoms with Gasteiger partial charge in [0.1, 0.15) is 5.75 Å². The van der Waals surface area contributed by atoms with E-state index in [4.69, 9.17) is 4.74 Å². The summed E-state index contributed by atoms with van der Waals surface area (Å²) in [6.45, 7) is 3.96. The molecule has 14 heavy (non-hydrogen) atoms. The van der Waals surface area contributed by atoms with Gasteiger partial charge in [0.2, 0.25) is 0 Å². The van der Waals surface area contributed by atoms with E-state index in [1.165, 1.54) is 7.11 Å². The van der Waals surface area contributed by atoms with Crippen LogP contribution < -0.4 is 4.74 Å². The topological polar surface area (TPSA) is 35.5 Å². The van der Waals surface area contributed by atoms with Gasteiger partial charge < -0.3 is 9.47 Å². The maximum Gasteiger partial charge on any atom is 0.343 e. The first-order valence-corrected chi connectivity index (χ1v) is 4.57. The molecular formula is C11H16O3. The van der Waals surface area contributed by atoms with Gasteiger partial charge in [0.05, 0.1) is 7.11 Å². The highest BCUT2D eigenvalue weighted by Gasteiger charge is 1.99. The zero-order valence-corrected chi connectivity index (χ0v) is 8.82. The SMILES string of the molecule is CC.COC(=O)COc1ccccc1. The van der Waals surface area contributed by atoms with Crippen molar-refractivity contribution >= 4 is 5.97 Å². The second kappa shape index (κ2) is 8.10. The van der Waals surface area contributed by atoms with E-state index in [1.807, 2.05) is 32.0 Å². The quantitative estimate of drug-likeness (QED) is 0.696. The van der Waals surface area contributed by atoms with Crippen LogP contribution in [0.4, 0.5) is 0 Å². The third kappa shape index (κ3) is 5.19. The van der Waals surface area contributed by atoms with Gasteiger partial charge in [-0.2, -0.15) is 0 Å². The number of para-hydroxylation sites is 1. The molecule has 0 aliphatic carbocycles.